The summed E-state index contributed by atoms with van der Waals surface area (Å²) in [5, 5.41) is 8.93. The highest BCUT2D eigenvalue weighted by Crippen LogP contribution is 2.34. The van der Waals surface area contributed by atoms with Crippen LogP contribution in [0.4, 0.5) is 4.79 Å². The molecule has 2 heterocycles. The maximum Gasteiger partial charge on any atom is 0.293 e. The first-order chi connectivity index (χ1) is 14.5. The highest BCUT2D eigenvalue weighted by molar-refractivity contribution is 8.18. The largest absolute Gasteiger partial charge is 0.317 e. The molecule has 0 atom stereocenters. The third-order valence-electron chi connectivity index (χ3n) is 5.17. The molecular weight excluding hydrogens is 394 g/mol. The number of rotatable bonds is 4. The first-order valence-corrected chi connectivity index (χ1v) is 10.3. The second kappa shape index (κ2) is 8.05. The number of nitriles is 1. The van der Waals surface area contributed by atoms with Crippen LogP contribution in [0.1, 0.15) is 27.9 Å². The topological polar surface area (TPSA) is 66.1 Å². The molecule has 2 aromatic carbocycles. The number of carbonyl (C=O) groups is 2. The molecular formula is C24H19N3O2S. The molecule has 30 heavy (non-hydrogen) atoms. The quantitative estimate of drug-likeness (QED) is 0.551. The van der Waals surface area contributed by atoms with Crippen molar-refractivity contribution in [2.75, 3.05) is 0 Å². The molecule has 0 radical (unpaired) electrons. The molecule has 1 aromatic heterocycles. The van der Waals surface area contributed by atoms with Gasteiger partial charge in [-0.25, -0.2) is 0 Å². The molecule has 0 N–H and O–H groups in total. The summed E-state index contributed by atoms with van der Waals surface area (Å²) in [6.45, 7) is 4.21. The van der Waals surface area contributed by atoms with Crippen molar-refractivity contribution in [2.45, 2.75) is 20.4 Å². The van der Waals surface area contributed by atoms with Gasteiger partial charge in [-0.05, 0) is 78.7 Å². The molecule has 0 spiro atoms. The van der Waals surface area contributed by atoms with Gasteiger partial charge in [0.15, 0.2) is 0 Å². The van der Waals surface area contributed by atoms with E-state index in [2.05, 4.69) is 32.0 Å². The zero-order chi connectivity index (χ0) is 21.3. The Morgan fingerprint density at radius 2 is 1.83 bits per heavy atom. The van der Waals surface area contributed by atoms with Crippen LogP contribution in [0.2, 0.25) is 0 Å². The van der Waals surface area contributed by atoms with E-state index < -0.39 is 0 Å². The average Bonchev–Trinajstić information content (AvgIpc) is 3.30. The molecule has 148 valence electrons. The van der Waals surface area contributed by atoms with Gasteiger partial charge in [0.1, 0.15) is 0 Å². The van der Waals surface area contributed by atoms with Gasteiger partial charge in [-0.15, -0.1) is 0 Å². The standard InChI is InChI=1S/C24H19N3O2S/c1-16-9-10-21(12-17(16)2)26-11-5-8-20(26)13-22-23(28)27(24(29)30-22)15-19-7-4-3-6-18(19)14-25/h3-13H,15H2,1-2H3/b22-13+. The number of benzene rings is 2. The summed E-state index contributed by atoms with van der Waals surface area (Å²) in [4.78, 5) is 27.0. The monoisotopic (exact) mass is 413 g/mol. The predicted molar refractivity (Wildman–Crippen MR) is 118 cm³/mol. The molecule has 0 unspecified atom stereocenters. The number of nitrogens with zero attached hydrogens (tertiary/aromatic N) is 3. The van der Waals surface area contributed by atoms with Crippen molar-refractivity contribution >= 4 is 29.0 Å². The summed E-state index contributed by atoms with van der Waals surface area (Å²) in [7, 11) is 0. The number of aryl methyl sites for hydroxylation is 2. The fraction of sp³-hybridized carbons (Fsp3) is 0.125. The number of hydrogen-bond acceptors (Lipinski definition) is 4. The normalized spacial score (nSPS) is 15.1. The van der Waals surface area contributed by atoms with E-state index in [0.29, 0.717) is 16.0 Å². The summed E-state index contributed by atoms with van der Waals surface area (Å²) >= 11 is 0.925. The number of carbonyl (C=O) groups excluding carboxylic acids is 2. The molecule has 1 aliphatic heterocycles. The Bertz CT molecular complexity index is 1230. The molecule has 0 bridgehead atoms. The second-order valence-corrected chi connectivity index (χ2v) is 8.10. The lowest BCUT2D eigenvalue weighted by molar-refractivity contribution is -0.123. The van der Waals surface area contributed by atoms with Crippen LogP contribution in [0.5, 0.6) is 0 Å². The van der Waals surface area contributed by atoms with Crippen LogP contribution >= 0.6 is 11.8 Å². The van der Waals surface area contributed by atoms with Crippen LogP contribution in [0.15, 0.2) is 65.7 Å². The predicted octanol–water partition coefficient (Wildman–Crippen LogP) is 5.20. The summed E-state index contributed by atoms with van der Waals surface area (Å²) in [5.74, 6) is -0.342. The van der Waals surface area contributed by atoms with Gasteiger partial charge >= 0.3 is 0 Å². The fourth-order valence-corrected chi connectivity index (χ4v) is 4.15. The van der Waals surface area contributed by atoms with Gasteiger partial charge < -0.3 is 4.57 Å². The Kier molecular flexibility index (Phi) is 5.30. The maximum absolute atomic E-state index is 12.9. The Labute approximate surface area is 179 Å². The van der Waals surface area contributed by atoms with Gasteiger partial charge in [-0.3, -0.25) is 14.5 Å². The van der Waals surface area contributed by atoms with Gasteiger partial charge in [-0.2, -0.15) is 5.26 Å². The number of hydrogen-bond donors (Lipinski definition) is 0. The molecule has 5 nitrogen and oxygen atoms in total. The lowest BCUT2D eigenvalue weighted by Crippen LogP contribution is -2.27. The SMILES string of the molecule is Cc1ccc(-n2cccc2/C=C2/SC(=O)N(Cc3ccccc3C#N)C2=O)cc1C. The smallest absolute Gasteiger partial charge is 0.293 e. The van der Waals surface area contributed by atoms with Crippen molar-refractivity contribution in [1.29, 1.82) is 5.26 Å². The summed E-state index contributed by atoms with van der Waals surface area (Å²) in [6.07, 6.45) is 3.68. The lowest BCUT2D eigenvalue weighted by Gasteiger charge is -2.13. The van der Waals surface area contributed by atoms with Crippen molar-refractivity contribution in [1.82, 2.24) is 9.47 Å². The first kappa shape index (κ1) is 19.7. The Hall–Kier alpha value is -3.56. The Morgan fingerprint density at radius 3 is 2.60 bits per heavy atom. The lowest BCUT2D eigenvalue weighted by atomic mass is 10.1. The number of imide groups is 1. The average molecular weight is 414 g/mol. The molecule has 3 aromatic rings. The Balaban J connectivity index is 1.63. The van der Waals surface area contributed by atoms with Crippen LogP contribution in [0, 0.1) is 25.2 Å². The minimum Gasteiger partial charge on any atom is -0.317 e. The van der Waals surface area contributed by atoms with E-state index in [9.17, 15) is 14.9 Å². The zero-order valence-corrected chi connectivity index (χ0v) is 17.4. The molecule has 0 aliphatic carbocycles. The van der Waals surface area contributed by atoms with E-state index in [1.165, 1.54) is 16.0 Å². The fourth-order valence-electron chi connectivity index (χ4n) is 3.33. The molecule has 0 saturated carbocycles. The van der Waals surface area contributed by atoms with E-state index in [4.69, 9.17) is 0 Å². The molecule has 1 aliphatic rings. The Morgan fingerprint density at radius 1 is 1.03 bits per heavy atom. The van der Waals surface area contributed by atoms with E-state index in [1.54, 1.807) is 30.3 Å². The van der Waals surface area contributed by atoms with Gasteiger partial charge in [0.2, 0.25) is 0 Å². The summed E-state index contributed by atoms with van der Waals surface area (Å²) < 4.78 is 1.99. The molecule has 4 rings (SSSR count). The van der Waals surface area contributed by atoms with Crippen LogP contribution in [-0.2, 0) is 11.3 Å². The van der Waals surface area contributed by atoms with Crippen molar-refractivity contribution in [3.63, 3.8) is 0 Å². The third-order valence-corrected chi connectivity index (χ3v) is 6.08. The van der Waals surface area contributed by atoms with Crippen LogP contribution in [0.25, 0.3) is 11.8 Å². The number of thioether (sulfide) groups is 1. The van der Waals surface area contributed by atoms with E-state index in [0.717, 1.165) is 23.1 Å². The van der Waals surface area contributed by atoms with Crippen molar-refractivity contribution in [2.24, 2.45) is 0 Å². The molecule has 1 saturated heterocycles. The van der Waals surface area contributed by atoms with Crippen molar-refractivity contribution < 1.29 is 9.59 Å². The van der Waals surface area contributed by atoms with Crippen LogP contribution in [0.3, 0.4) is 0 Å². The number of amides is 2. The van der Waals surface area contributed by atoms with Crippen LogP contribution < -0.4 is 0 Å². The molecule has 2 amide bonds. The highest BCUT2D eigenvalue weighted by Gasteiger charge is 2.35. The first-order valence-electron chi connectivity index (χ1n) is 9.46. The maximum atomic E-state index is 12.9. The third kappa shape index (κ3) is 3.68. The van der Waals surface area contributed by atoms with E-state index in [-0.39, 0.29) is 17.7 Å². The number of aromatic nitrogens is 1. The van der Waals surface area contributed by atoms with Crippen molar-refractivity contribution in [3.05, 3.63) is 93.6 Å². The molecule has 1 fully saturated rings. The summed E-state index contributed by atoms with van der Waals surface area (Å²) in [5.41, 5.74) is 5.33. The zero-order valence-electron chi connectivity index (χ0n) is 16.6. The second-order valence-electron chi connectivity index (χ2n) is 7.11. The van der Waals surface area contributed by atoms with Crippen molar-refractivity contribution in [3.8, 4) is 11.8 Å². The highest BCUT2D eigenvalue weighted by atomic mass is 32.2. The minimum absolute atomic E-state index is 0.0872. The summed E-state index contributed by atoms with van der Waals surface area (Å²) in [6, 6.07) is 19.1. The van der Waals surface area contributed by atoms with Gasteiger partial charge in [0.25, 0.3) is 11.1 Å². The van der Waals surface area contributed by atoms with E-state index in [1.807, 2.05) is 29.0 Å². The van der Waals surface area contributed by atoms with Gasteiger partial charge in [-0.1, -0.05) is 24.3 Å². The van der Waals surface area contributed by atoms with Gasteiger partial charge in [0, 0.05) is 17.6 Å². The minimum atomic E-state index is -0.342. The van der Waals surface area contributed by atoms with Crippen LogP contribution in [-0.4, -0.2) is 20.6 Å². The van der Waals surface area contributed by atoms with Gasteiger partial charge in [0.05, 0.1) is 23.1 Å². The molecule has 6 heteroatoms. The van der Waals surface area contributed by atoms with E-state index >= 15 is 0 Å².